The summed E-state index contributed by atoms with van der Waals surface area (Å²) in [5.74, 6) is -0.189. The second-order valence-corrected chi connectivity index (χ2v) is 9.30. The number of benzene rings is 4. The Morgan fingerprint density at radius 2 is 1.70 bits per heavy atom. The van der Waals surface area contributed by atoms with Crippen molar-refractivity contribution < 1.29 is 19.1 Å². The molecule has 200 valence electrons. The average Bonchev–Trinajstić information content (AvgIpc) is 3.38. The summed E-state index contributed by atoms with van der Waals surface area (Å²) in [5.41, 5.74) is 9.08. The fraction of sp³-hybridized carbons (Fsp3) is 0.121. The van der Waals surface area contributed by atoms with Crippen molar-refractivity contribution in [1.29, 1.82) is 0 Å². The SMILES string of the molecule is CCc1cccc2c(-c3ccccc3)c(C(=O)NN=Cc3ccc(OC(=O)c4ccc(C)cc4)c(OC)c3)[nH]c12. The van der Waals surface area contributed by atoms with Crippen LogP contribution in [-0.2, 0) is 6.42 Å². The molecule has 7 nitrogen and oxygen atoms in total. The lowest BCUT2D eigenvalue weighted by Crippen LogP contribution is -2.19. The van der Waals surface area contributed by atoms with Gasteiger partial charge in [0.1, 0.15) is 5.69 Å². The van der Waals surface area contributed by atoms with Crippen LogP contribution in [0, 0.1) is 6.92 Å². The van der Waals surface area contributed by atoms with Crippen LogP contribution >= 0.6 is 0 Å². The molecule has 0 fully saturated rings. The monoisotopic (exact) mass is 531 g/mol. The number of aromatic amines is 1. The van der Waals surface area contributed by atoms with E-state index < -0.39 is 5.97 Å². The molecule has 1 heterocycles. The second-order valence-electron chi connectivity index (χ2n) is 9.30. The Bertz CT molecular complexity index is 1700. The number of hydrogen-bond acceptors (Lipinski definition) is 5. The number of rotatable bonds is 8. The molecule has 0 bridgehead atoms. The first kappa shape index (κ1) is 26.4. The lowest BCUT2D eigenvalue weighted by molar-refractivity contribution is 0.0729. The number of ether oxygens (including phenoxy) is 2. The predicted octanol–water partition coefficient (Wildman–Crippen LogP) is 6.70. The molecule has 5 aromatic rings. The minimum absolute atomic E-state index is 0.284. The number of aromatic nitrogens is 1. The summed E-state index contributed by atoms with van der Waals surface area (Å²) < 4.78 is 11.0. The third-order valence-electron chi connectivity index (χ3n) is 6.65. The van der Waals surface area contributed by atoms with Crippen LogP contribution in [0.5, 0.6) is 11.5 Å². The van der Waals surface area contributed by atoms with E-state index >= 15 is 0 Å². The van der Waals surface area contributed by atoms with Crippen LogP contribution in [0.25, 0.3) is 22.0 Å². The van der Waals surface area contributed by atoms with Crippen LogP contribution < -0.4 is 14.9 Å². The molecular weight excluding hydrogens is 502 g/mol. The molecule has 40 heavy (non-hydrogen) atoms. The van der Waals surface area contributed by atoms with E-state index in [1.54, 1.807) is 30.3 Å². The number of carbonyl (C=O) groups excluding carboxylic acids is 2. The Morgan fingerprint density at radius 3 is 2.42 bits per heavy atom. The summed E-state index contributed by atoms with van der Waals surface area (Å²) in [4.78, 5) is 29.2. The van der Waals surface area contributed by atoms with Gasteiger partial charge < -0.3 is 14.5 Å². The molecule has 4 aromatic carbocycles. The molecule has 7 heteroatoms. The zero-order valence-electron chi connectivity index (χ0n) is 22.5. The highest BCUT2D eigenvalue weighted by atomic mass is 16.6. The van der Waals surface area contributed by atoms with Gasteiger partial charge in [0.05, 0.1) is 18.9 Å². The van der Waals surface area contributed by atoms with Crippen LogP contribution in [0.2, 0.25) is 0 Å². The number of esters is 1. The van der Waals surface area contributed by atoms with Crippen molar-refractivity contribution in [1.82, 2.24) is 10.4 Å². The standard InChI is InChI=1S/C33H29N3O4/c1-4-23-11-8-12-26-29(24-9-6-5-7-10-24)31(35-30(23)26)32(37)36-34-20-22-15-18-27(28(19-22)39-3)40-33(38)25-16-13-21(2)14-17-25/h5-20,35H,4H2,1-3H3,(H,36,37). The number of H-pyrrole nitrogens is 1. The number of aryl methyl sites for hydroxylation is 2. The number of para-hydroxylation sites is 1. The van der Waals surface area contributed by atoms with Crippen LogP contribution in [0.1, 0.15) is 44.5 Å². The number of nitrogens with one attached hydrogen (secondary N) is 2. The lowest BCUT2D eigenvalue weighted by atomic mass is 10.00. The zero-order chi connectivity index (χ0) is 28.1. The highest BCUT2D eigenvalue weighted by Crippen LogP contribution is 2.34. The van der Waals surface area contributed by atoms with E-state index in [2.05, 4.69) is 28.5 Å². The molecule has 1 amide bonds. The van der Waals surface area contributed by atoms with Crippen LogP contribution in [-0.4, -0.2) is 30.2 Å². The van der Waals surface area contributed by atoms with E-state index in [-0.39, 0.29) is 11.7 Å². The van der Waals surface area contributed by atoms with Crippen molar-refractivity contribution >= 4 is 29.0 Å². The summed E-state index contributed by atoms with van der Waals surface area (Å²) in [6.07, 6.45) is 2.35. The number of fused-ring (bicyclic) bond motifs is 1. The summed E-state index contributed by atoms with van der Waals surface area (Å²) in [6.45, 7) is 4.04. The highest BCUT2D eigenvalue weighted by molar-refractivity contribution is 6.10. The first-order chi connectivity index (χ1) is 19.5. The summed E-state index contributed by atoms with van der Waals surface area (Å²) in [6, 6.07) is 28.1. The molecule has 0 unspecified atom stereocenters. The number of carbonyl (C=O) groups is 2. The normalized spacial score (nSPS) is 11.1. The minimum atomic E-state index is -0.481. The number of amides is 1. The van der Waals surface area contributed by atoms with Gasteiger partial charge >= 0.3 is 5.97 Å². The Morgan fingerprint density at radius 1 is 0.925 bits per heavy atom. The Kier molecular flexibility index (Phi) is 7.73. The topological polar surface area (TPSA) is 92.8 Å². The maximum atomic E-state index is 13.3. The number of hydrazone groups is 1. The summed E-state index contributed by atoms with van der Waals surface area (Å²) in [5, 5.41) is 5.17. The molecule has 2 N–H and O–H groups in total. The van der Waals surface area contributed by atoms with Gasteiger partial charge in [-0.05, 0) is 60.4 Å². The van der Waals surface area contributed by atoms with E-state index in [0.717, 1.165) is 39.6 Å². The quantitative estimate of drug-likeness (QED) is 0.101. The van der Waals surface area contributed by atoms with Gasteiger partial charge in [-0.25, -0.2) is 10.2 Å². The van der Waals surface area contributed by atoms with Gasteiger partial charge in [-0.3, -0.25) is 4.79 Å². The van der Waals surface area contributed by atoms with Gasteiger partial charge in [0, 0.05) is 16.5 Å². The van der Waals surface area contributed by atoms with Crippen molar-refractivity contribution in [2.75, 3.05) is 7.11 Å². The molecule has 1 aromatic heterocycles. The Hall–Kier alpha value is -5.17. The number of hydrogen-bond donors (Lipinski definition) is 2. The van der Waals surface area contributed by atoms with E-state index in [0.29, 0.717) is 22.6 Å². The maximum Gasteiger partial charge on any atom is 0.343 e. The lowest BCUT2D eigenvalue weighted by Gasteiger charge is -2.10. The predicted molar refractivity (Wildman–Crippen MR) is 157 cm³/mol. The molecular formula is C33H29N3O4. The molecule has 0 aliphatic rings. The maximum absolute atomic E-state index is 13.3. The fourth-order valence-corrected chi connectivity index (χ4v) is 4.57. The van der Waals surface area contributed by atoms with Crippen LogP contribution in [0.4, 0.5) is 0 Å². The van der Waals surface area contributed by atoms with Gasteiger partial charge in [-0.15, -0.1) is 0 Å². The summed E-state index contributed by atoms with van der Waals surface area (Å²) in [7, 11) is 1.49. The van der Waals surface area contributed by atoms with Gasteiger partial charge in [0.15, 0.2) is 11.5 Å². The number of methoxy groups -OCH3 is 1. The van der Waals surface area contributed by atoms with Crippen LogP contribution in [0.3, 0.4) is 0 Å². The molecule has 0 aliphatic heterocycles. The van der Waals surface area contributed by atoms with Gasteiger partial charge in [0.2, 0.25) is 0 Å². The van der Waals surface area contributed by atoms with E-state index in [1.807, 2.05) is 61.5 Å². The Labute approximate surface area is 232 Å². The summed E-state index contributed by atoms with van der Waals surface area (Å²) >= 11 is 0. The van der Waals surface area contributed by atoms with Crippen molar-refractivity contribution in [3.05, 3.63) is 119 Å². The molecule has 0 saturated heterocycles. The first-order valence-electron chi connectivity index (χ1n) is 13.0. The smallest absolute Gasteiger partial charge is 0.343 e. The van der Waals surface area contributed by atoms with Crippen molar-refractivity contribution in [3.63, 3.8) is 0 Å². The highest BCUT2D eigenvalue weighted by Gasteiger charge is 2.20. The zero-order valence-corrected chi connectivity index (χ0v) is 22.5. The Balaban J connectivity index is 1.36. The second kappa shape index (κ2) is 11.7. The average molecular weight is 532 g/mol. The molecule has 0 spiro atoms. The molecule has 0 atom stereocenters. The minimum Gasteiger partial charge on any atom is -0.493 e. The first-order valence-corrected chi connectivity index (χ1v) is 13.0. The van der Waals surface area contributed by atoms with E-state index in [4.69, 9.17) is 9.47 Å². The number of nitrogens with zero attached hydrogens (tertiary/aromatic N) is 1. The largest absolute Gasteiger partial charge is 0.493 e. The fourth-order valence-electron chi connectivity index (χ4n) is 4.57. The van der Waals surface area contributed by atoms with Crippen molar-refractivity contribution in [2.45, 2.75) is 20.3 Å². The van der Waals surface area contributed by atoms with Crippen molar-refractivity contribution in [3.8, 4) is 22.6 Å². The van der Waals surface area contributed by atoms with E-state index in [9.17, 15) is 9.59 Å². The van der Waals surface area contributed by atoms with Crippen LogP contribution in [0.15, 0.2) is 96.1 Å². The van der Waals surface area contributed by atoms with Crippen molar-refractivity contribution in [2.24, 2.45) is 5.10 Å². The molecule has 5 rings (SSSR count). The molecule has 0 aliphatic carbocycles. The van der Waals surface area contributed by atoms with Gasteiger partial charge in [-0.2, -0.15) is 5.10 Å². The third kappa shape index (κ3) is 5.49. The molecule has 0 saturated carbocycles. The third-order valence-corrected chi connectivity index (χ3v) is 6.65. The molecule has 0 radical (unpaired) electrons. The van der Waals surface area contributed by atoms with Gasteiger partial charge in [-0.1, -0.05) is 73.2 Å². The van der Waals surface area contributed by atoms with Gasteiger partial charge in [0.25, 0.3) is 5.91 Å². The van der Waals surface area contributed by atoms with E-state index in [1.165, 1.54) is 13.3 Å².